The van der Waals surface area contributed by atoms with Crippen molar-refractivity contribution in [1.82, 2.24) is 24.8 Å². The second kappa shape index (κ2) is 9.61. The Morgan fingerprint density at radius 2 is 1.77 bits per heavy atom. The summed E-state index contributed by atoms with van der Waals surface area (Å²) in [7, 11) is 0. The lowest BCUT2D eigenvalue weighted by Crippen LogP contribution is -2.51. The highest BCUT2D eigenvalue weighted by atomic mass is 32.2. The van der Waals surface area contributed by atoms with Crippen LogP contribution in [0.5, 0.6) is 0 Å². The Morgan fingerprint density at radius 3 is 2.47 bits per heavy atom. The Bertz CT molecular complexity index is 888. The zero-order chi connectivity index (χ0) is 20.9. The van der Waals surface area contributed by atoms with Gasteiger partial charge in [0.15, 0.2) is 5.82 Å². The minimum absolute atomic E-state index is 0.0351. The van der Waals surface area contributed by atoms with Gasteiger partial charge in [-0.15, -0.1) is 11.8 Å². The van der Waals surface area contributed by atoms with Gasteiger partial charge in [0.2, 0.25) is 11.8 Å². The Balaban J connectivity index is 1.32. The first-order valence-corrected chi connectivity index (χ1v) is 11.4. The van der Waals surface area contributed by atoms with Gasteiger partial charge in [0.05, 0.1) is 17.9 Å². The number of thioether (sulfide) groups is 1. The maximum atomic E-state index is 13.1. The van der Waals surface area contributed by atoms with Crippen LogP contribution < -0.4 is 0 Å². The fourth-order valence-electron chi connectivity index (χ4n) is 3.85. The molecule has 0 aliphatic carbocycles. The quantitative estimate of drug-likeness (QED) is 0.650. The largest absolute Gasteiger partial charge is 0.342 e. The van der Waals surface area contributed by atoms with Gasteiger partial charge in [0.1, 0.15) is 0 Å². The molecule has 0 spiro atoms. The molecule has 1 aromatic carbocycles. The molecule has 2 aliphatic heterocycles. The molecule has 4 rings (SSSR count). The minimum Gasteiger partial charge on any atom is -0.342 e. The number of benzene rings is 1. The molecule has 0 radical (unpaired) electrons. The first-order valence-electron chi connectivity index (χ1n) is 10.4. The fraction of sp³-hybridized carbons (Fsp3) is 0.524. The van der Waals surface area contributed by atoms with E-state index in [1.54, 1.807) is 6.92 Å². The maximum Gasteiger partial charge on any atom is 0.255 e. The van der Waals surface area contributed by atoms with Crippen molar-refractivity contribution in [3.8, 4) is 0 Å². The number of piperazine rings is 1. The molecule has 9 heteroatoms. The highest BCUT2D eigenvalue weighted by molar-refractivity contribution is 7.98. The molecule has 2 aromatic rings. The van der Waals surface area contributed by atoms with Crippen molar-refractivity contribution in [3.05, 3.63) is 41.5 Å². The summed E-state index contributed by atoms with van der Waals surface area (Å²) in [5.74, 6) is 1.96. The lowest BCUT2D eigenvalue weighted by atomic mass is 10.2. The van der Waals surface area contributed by atoms with Gasteiger partial charge in [-0.2, -0.15) is 4.98 Å². The van der Waals surface area contributed by atoms with Crippen molar-refractivity contribution in [2.75, 3.05) is 45.8 Å². The van der Waals surface area contributed by atoms with Crippen LogP contribution in [0.1, 0.15) is 34.9 Å². The summed E-state index contributed by atoms with van der Waals surface area (Å²) in [6.07, 6.45) is 2.22. The first kappa shape index (κ1) is 20.9. The summed E-state index contributed by atoms with van der Waals surface area (Å²) >= 11 is 1.54. The van der Waals surface area contributed by atoms with Gasteiger partial charge < -0.3 is 14.3 Å². The zero-order valence-corrected chi connectivity index (χ0v) is 18.1. The Hall–Kier alpha value is -2.39. The van der Waals surface area contributed by atoms with Crippen molar-refractivity contribution < 1.29 is 14.1 Å². The van der Waals surface area contributed by atoms with Gasteiger partial charge in [0.25, 0.3) is 5.91 Å². The molecular weight excluding hydrogens is 402 g/mol. The van der Waals surface area contributed by atoms with Crippen molar-refractivity contribution >= 4 is 23.6 Å². The van der Waals surface area contributed by atoms with E-state index < -0.39 is 0 Å². The Labute approximate surface area is 180 Å². The van der Waals surface area contributed by atoms with Gasteiger partial charge in [-0.05, 0) is 25.0 Å². The topological polar surface area (TPSA) is 82.8 Å². The van der Waals surface area contributed by atoms with Gasteiger partial charge in [-0.1, -0.05) is 17.3 Å². The van der Waals surface area contributed by atoms with E-state index in [0.717, 1.165) is 43.9 Å². The van der Waals surface area contributed by atoms with Crippen LogP contribution in [-0.4, -0.2) is 82.5 Å². The van der Waals surface area contributed by atoms with Crippen LogP contribution in [0.4, 0.5) is 0 Å². The molecule has 0 atom stereocenters. The lowest BCUT2D eigenvalue weighted by Gasteiger charge is -2.35. The average Bonchev–Trinajstić information content (AvgIpc) is 3.44. The van der Waals surface area contributed by atoms with Crippen LogP contribution in [0.25, 0.3) is 0 Å². The van der Waals surface area contributed by atoms with E-state index in [-0.39, 0.29) is 11.8 Å². The summed E-state index contributed by atoms with van der Waals surface area (Å²) in [5.41, 5.74) is 0.698. The summed E-state index contributed by atoms with van der Waals surface area (Å²) in [6, 6.07) is 7.65. The molecule has 0 saturated carbocycles. The van der Waals surface area contributed by atoms with Gasteiger partial charge in [0, 0.05) is 51.1 Å². The molecule has 3 heterocycles. The van der Waals surface area contributed by atoms with Crippen molar-refractivity contribution in [2.45, 2.75) is 30.4 Å². The number of rotatable bonds is 6. The predicted octanol–water partition coefficient (Wildman–Crippen LogP) is 2.05. The molecule has 0 unspecified atom stereocenters. The summed E-state index contributed by atoms with van der Waals surface area (Å²) in [6.45, 7) is 6.70. The number of nitrogens with zero attached hydrogens (tertiary/aromatic N) is 5. The van der Waals surface area contributed by atoms with E-state index in [4.69, 9.17) is 4.52 Å². The van der Waals surface area contributed by atoms with Crippen LogP contribution in [0.15, 0.2) is 33.7 Å². The minimum atomic E-state index is 0.0351. The highest BCUT2D eigenvalue weighted by Gasteiger charge is 2.26. The molecule has 0 bridgehead atoms. The smallest absolute Gasteiger partial charge is 0.255 e. The molecule has 30 heavy (non-hydrogen) atoms. The number of amides is 2. The SMILES string of the molecule is Cc1nc(CSc2ccccc2C(=O)N2CCN(CC(=O)N3CCCC3)CC2)no1. The van der Waals surface area contributed by atoms with Crippen molar-refractivity contribution in [1.29, 1.82) is 0 Å². The summed E-state index contributed by atoms with van der Waals surface area (Å²) in [4.78, 5) is 36.6. The number of aromatic nitrogens is 2. The third-order valence-corrected chi connectivity index (χ3v) is 6.59. The van der Waals surface area contributed by atoms with Crippen LogP contribution in [0.3, 0.4) is 0 Å². The maximum absolute atomic E-state index is 13.1. The summed E-state index contributed by atoms with van der Waals surface area (Å²) in [5, 5.41) is 3.92. The zero-order valence-electron chi connectivity index (χ0n) is 17.2. The standard InChI is InChI=1S/C21H27N5O3S/c1-16-22-19(23-29-16)15-30-18-7-3-2-6-17(18)21(28)26-12-10-24(11-13-26)14-20(27)25-8-4-5-9-25/h2-3,6-7H,4-5,8-15H2,1H3. The molecule has 2 saturated heterocycles. The van der Waals surface area contributed by atoms with Gasteiger partial charge in [-0.3, -0.25) is 14.5 Å². The van der Waals surface area contributed by atoms with Crippen LogP contribution in [-0.2, 0) is 10.5 Å². The van der Waals surface area contributed by atoms with E-state index in [1.165, 1.54) is 11.8 Å². The third-order valence-electron chi connectivity index (χ3n) is 5.52. The Morgan fingerprint density at radius 1 is 1.03 bits per heavy atom. The van der Waals surface area contributed by atoms with Crippen LogP contribution in [0.2, 0.25) is 0 Å². The fourth-order valence-corrected chi connectivity index (χ4v) is 4.74. The monoisotopic (exact) mass is 429 g/mol. The number of aryl methyl sites for hydroxylation is 1. The molecule has 2 fully saturated rings. The second-order valence-corrected chi connectivity index (χ2v) is 8.69. The first-order chi connectivity index (χ1) is 14.6. The van der Waals surface area contributed by atoms with Crippen molar-refractivity contribution in [3.63, 3.8) is 0 Å². The number of carbonyl (C=O) groups is 2. The third kappa shape index (κ3) is 5.02. The van der Waals surface area contributed by atoms with E-state index in [1.807, 2.05) is 34.1 Å². The number of hydrogen-bond acceptors (Lipinski definition) is 7. The van der Waals surface area contributed by atoms with E-state index in [9.17, 15) is 9.59 Å². The van der Waals surface area contributed by atoms with E-state index in [0.29, 0.717) is 42.7 Å². The Kier molecular flexibility index (Phi) is 6.69. The molecule has 2 amide bonds. The van der Waals surface area contributed by atoms with Crippen LogP contribution >= 0.6 is 11.8 Å². The average molecular weight is 430 g/mol. The number of carbonyl (C=O) groups excluding carboxylic acids is 2. The predicted molar refractivity (Wildman–Crippen MR) is 113 cm³/mol. The molecule has 0 N–H and O–H groups in total. The van der Waals surface area contributed by atoms with Crippen LogP contribution in [0, 0.1) is 6.92 Å². The molecular formula is C21H27N5O3S. The molecule has 8 nitrogen and oxygen atoms in total. The highest BCUT2D eigenvalue weighted by Crippen LogP contribution is 2.27. The normalized spacial score (nSPS) is 17.5. The molecule has 1 aromatic heterocycles. The molecule has 160 valence electrons. The summed E-state index contributed by atoms with van der Waals surface area (Å²) < 4.78 is 5.01. The molecule has 2 aliphatic rings. The van der Waals surface area contributed by atoms with E-state index in [2.05, 4.69) is 15.0 Å². The number of hydrogen-bond donors (Lipinski definition) is 0. The van der Waals surface area contributed by atoms with Crippen molar-refractivity contribution in [2.24, 2.45) is 0 Å². The van der Waals surface area contributed by atoms with Gasteiger partial charge in [-0.25, -0.2) is 0 Å². The van der Waals surface area contributed by atoms with Gasteiger partial charge >= 0.3 is 0 Å². The van der Waals surface area contributed by atoms with E-state index >= 15 is 0 Å². The number of likely N-dealkylation sites (tertiary alicyclic amines) is 1. The second-order valence-electron chi connectivity index (χ2n) is 7.67. The lowest BCUT2D eigenvalue weighted by molar-refractivity contribution is -0.131.